The summed E-state index contributed by atoms with van der Waals surface area (Å²) in [6, 6.07) is 3.77. The van der Waals surface area contributed by atoms with Crippen molar-refractivity contribution in [2.75, 3.05) is 32.5 Å². The van der Waals surface area contributed by atoms with Gasteiger partial charge in [-0.05, 0) is 38.1 Å². The van der Waals surface area contributed by atoms with Crippen molar-refractivity contribution in [1.29, 1.82) is 0 Å². The number of fused-ring (bicyclic) bond motifs is 1. The fourth-order valence-electron chi connectivity index (χ4n) is 2.75. The second kappa shape index (κ2) is 6.63. The van der Waals surface area contributed by atoms with E-state index in [1.54, 1.807) is 7.11 Å². The minimum Gasteiger partial charge on any atom is -0.495 e. The molecule has 0 unspecified atom stereocenters. The number of aromatic nitrogens is 2. The topological polar surface area (TPSA) is 64.3 Å². The lowest BCUT2D eigenvalue weighted by atomic mass is 10.1. The third-order valence-corrected chi connectivity index (χ3v) is 3.96. The molecule has 1 fully saturated rings. The number of hydrogen-bond acceptors (Lipinski definition) is 5. The molecule has 22 heavy (non-hydrogen) atoms. The monoisotopic (exact) mass is 296 g/mol. The minimum atomic E-state index is 0.455. The second-order valence-corrected chi connectivity index (χ2v) is 5.43. The molecular weight excluding hydrogens is 276 g/mol. The first kappa shape index (κ1) is 14.6. The predicted molar refractivity (Wildman–Crippen MR) is 87.7 cm³/mol. The van der Waals surface area contributed by atoms with Gasteiger partial charge in [-0.3, -0.25) is 0 Å². The SMILES string of the molecule is COc1cc2c(N)ncnc2cc1C#CCCN1CCCC1. The van der Waals surface area contributed by atoms with E-state index in [1.807, 2.05) is 12.1 Å². The maximum Gasteiger partial charge on any atom is 0.135 e. The van der Waals surface area contributed by atoms with Crippen molar-refractivity contribution >= 4 is 16.7 Å². The van der Waals surface area contributed by atoms with Gasteiger partial charge in [0.1, 0.15) is 17.9 Å². The minimum absolute atomic E-state index is 0.455. The van der Waals surface area contributed by atoms with E-state index in [1.165, 1.54) is 32.3 Å². The first-order chi connectivity index (χ1) is 10.8. The molecule has 0 aliphatic carbocycles. The molecular formula is C17H20N4O. The smallest absolute Gasteiger partial charge is 0.135 e. The average Bonchev–Trinajstić information content (AvgIpc) is 3.04. The van der Waals surface area contributed by atoms with Gasteiger partial charge < -0.3 is 15.4 Å². The molecule has 2 heterocycles. The van der Waals surface area contributed by atoms with Gasteiger partial charge in [-0.1, -0.05) is 11.8 Å². The highest BCUT2D eigenvalue weighted by molar-refractivity contribution is 5.90. The van der Waals surface area contributed by atoms with E-state index in [0.717, 1.165) is 29.4 Å². The Labute approximate surface area is 130 Å². The molecule has 1 saturated heterocycles. The summed E-state index contributed by atoms with van der Waals surface area (Å²) in [7, 11) is 1.64. The lowest BCUT2D eigenvalue weighted by Crippen LogP contribution is -2.19. The molecule has 1 aromatic heterocycles. The van der Waals surface area contributed by atoms with Crippen LogP contribution < -0.4 is 10.5 Å². The normalized spacial score (nSPS) is 14.8. The van der Waals surface area contributed by atoms with Crippen molar-refractivity contribution in [3.05, 3.63) is 24.0 Å². The van der Waals surface area contributed by atoms with E-state index >= 15 is 0 Å². The lowest BCUT2D eigenvalue weighted by molar-refractivity contribution is 0.348. The van der Waals surface area contributed by atoms with Crippen molar-refractivity contribution in [2.45, 2.75) is 19.3 Å². The zero-order valence-electron chi connectivity index (χ0n) is 12.8. The molecule has 5 nitrogen and oxygen atoms in total. The van der Waals surface area contributed by atoms with Gasteiger partial charge in [0, 0.05) is 18.4 Å². The Balaban J connectivity index is 1.80. The van der Waals surface area contributed by atoms with Gasteiger partial charge in [0.15, 0.2) is 0 Å². The third kappa shape index (κ3) is 3.12. The van der Waals surface area contributed by atoms with Crippen LogP contribution in [-0.4, -0.2) is 41.6 Å². The summed E-state index contributed by atoms with van der Waals surface area (Å²) >= 11 is 0. The van der Waals surface area contributed by atoms with Crippen molar-refractivity contribution < 1.29 is 4.74 Å². The summed E-state index contributed by atoms with van der Waals surface area (Å²) in [6.45, 7) is 3.45. The van der Waals surface area contributed by atoms with E-state index in [4.69, 9.17) is 10.5 Å². The number of nitrogen functional groups attached to an aromatic ring is 1. The molecule has 0 atom stereocenters. The standard InChI is InChI=1S/C17H20N4O/c1-22-16-11-14-15(19-12-20-17(14)18)10-13(16)6-2-3-7-21-8-4-5-9-21/h10-12H,3-5,7-9H2,1H3,(H2,18,19,20). The zero-order chi connectivity index (χ0) is 15.4. The van der Waals surface area contributed by atoms with Gasteiger partial charge in [-0.25, -0.2) is 9.97 Å². The van der Waals surface area contributed by atoms with E-state index in [-0.39, 0.29) is 0 Å². The lowest BCUT2D eigenvalue weighted by Gasteiger charge is -2.11. The Kier molecular flexibility index (Phi) is 4.40. The number of ether oxygens (including phenoxy) is 1. The third-order valence-electron chi connectivity index (χ3n) is 3.96. The highest BCUT2D eigenvalue weighted by Gasteiger charge is 2.10. The fourth-order valence-corrected chi connectivity index (χ4v) is 2.75. The molecule has 1 aliphatic rings. The number of benzene rings is 1. The van der Waals surface area contributed by atoms with Gasteiger partial charge in [0.2, 0.25) is 0 Å². The summed E-state index contributed by atoms with van der Waals surface area (Å²) in [4.78, 5) is 10.7. The fraction of sp³-hybridized carbons (Fsp3) is 0.412. The van der Waals surface area contributed by atoms with Crippen LogP contribution in [0.4, 0.5) is 5.82 Å². The number of rotatable bonds is 3. The van der Waals surface area contributed by atoms with Crippen LogP contribution in [0.3, 0.4) is 0 Å². The van der Waals surface area contributed by atoms with Gasteiger partial charge in [-0.2, -0.15) is 0 Å². The van der Waals surface area contributed by atoms with Crippen LogP contribution in [0.5, 0.6) is 5.75 Å². The molecule has 1 aliphatic heterocycles. The van der Waals surface area contributed by atoms with E-state index in [0.29, 0.717) is 11.6 Å². The highest BCUT2D eigenvalue weighted by Crippen LogP contribution is 2.26. The maximum absolute atomic E-state index is 5.87. The van der Waals surface area contributed by atoms with Crippen molar-refractivity contribution in [1.82, 2.24) is 14.9 Å². The molecule has 0 bridgehead atoms. The molecule has 0 spiro atoms. The predicted octanol–water partition coefficient (Wildman–Crippen LogP) is 2.06. The van der Waals surface area contributed by atoms with E-state index < -0.39 is 0 Å². The Bertz CT molecular complexity index is 726. The highest BCUT2D eigenvalue weighted by atomic mass is 16.5. The zero-order valence-corrected chi connectivity index (χ0v) is 12.8. The number of nitrogens with two attached hydrogens (primary N) is 1. The molecule has 3 rings (SSSR count). The largest absolute Gasteiger partial charge is 0.495 e. The van der Waals surface area contributed by atoms with Crippen molar-refractivity contribution in [3.63, 3.8) is 0 Å². The van der Waals surface area contributed by atoms with Crippen molar-refractivity contribution in [3.8, 4) is 17.6 Å². The molecule has 114 valence electrons. The van der Waals surface area contributed by atoms with Crippen LogP contribution in [-0.2, 0) is 0 Å². The molecule has 0 saturated carbocycles. The molecule has 0 radical (unpaired) electrons. The number of nitrogens with zero attached hydrogens (tertiary/aromatic N) is 3. The average molecular weight is 296 g/mol. The van der Waals surface area contributed by atoms with Crippen LogP contribution in [0.15, 0.2) is 18.5 Å². The van der Waals surface area contributed by atoms with Gasteiger partial charge in [0.05, 0.1) is 18.2 Å². The molecule has 0 amide bonds. The van der Waals surface area contributed by atoms with E-state index in [9.17, 15) is 0 Å². The van der Waals surface area contributed by atoms with Crippen LogP contribution in [0.25, 0.3) is 10.9 Å². The van der Waals surface area contributed by atoms with Gasteiger partial charge in [0.25, 0.3) is 0 Å². The van der Waals surface area contributed by atoms with Crippen molar-refractivity contribution in [2.24, 2.45) is 0 Å². The summed E-state index contributed by atoms with van der Waals surface area (Å²) in [6.07, 6.45) is 4.96. The van der Waals surface area contributed by atoms with Crippen LogP contribution in [0.1, 0.15) is 24.8 Å². The molecule has 5 heteroatoms. The first-order valence-electron chi connectivity index (χ1n) is 7.57. The van der Waals surface area contributed by atoms with Crippen LogP contribution in [0.2, 0.25) is 0 Å². The Hall–Kier alpha value is -2.32. The Morgan fingerprint density at radius 3 is 2.86 bits per heavy atom. The molecule has 1 aromatic carbocycles. The quantitative estimate of drug-likeness (QED) is 0.878. The first-order valence-corrected chi connectivity index (χ1v) is 7.57. The number of likely N-dealkylation sites (tertiary alicyclic amines) is 1. The van der Waals surface area contributed by atoms with E-state index in [2.05, 4.69) is 26.7 Å². The van der Waals surface area contributed by atoms with Gasteiger partial charge in [-0.15, -0.1) is 0 Å². The van der Waals surface area contributed by atoms with Crippen LogP contribution in [0, 0.1) is 11.8 Å². The number of hydrogen-bond donors (Lipinski definition) is 1. The molecule has 2 N–H and O–H groups in total. The summed E-state index contributed by atoms with van der Waals surface area (Å²) in [5, 5.41) is 0.793. The summed E-state index contributed by atoms with van der Waals surface area (Å²) < 4.78 is 5.41. The summed E-state index contributed by atoms with van der Waals surface area (Å²) in [5.41, 5.74) is 7.50. The van der Waals surface area contributed by atoms with Crippen LogP contribution >= 0.6 is 0 Å². The Morgan fingerprint density at radius 1 is 1.27 bits per heavy atom. The maximum atomic E-state index is 5.87. The number of anilines is 1. The van der Waals surface area contributed by atoms with Gasteiger partial charge >= 0.3 is 0 Å². The Morgan fingerprint density at radius 2 is 2.09 bits per heavy atom. The molecule has 2 aromatic rings. The number of methoxy groups -OCH3 is 1. The summed E-state index contributed by atoms with van der Waals surface area (Å²) in [5.74, 6) is 7.60. The second-order valence-electron chi connectivity index (χ2n) is 5.43.